The average molecular weight is 361 g/mol. The highest BCUT2D eigenvalue weighted by atomic mass is 79.9. The van der Waals surface area contributed by atoms with Crippen LogP contribution in [0.15, 0.2) is 65.1 Å². The van der Waals surface area contributed by atoms with Crippen LogP contribution < -0.4 is 5.32 Å². The van der Waals surface area contributed by atoms with Crippen molar-refractivity contribution in [2.24, 2.45) is 0 Å². The Balaban J connectivity index is 2.21. The molecular weight excluding hydrogens is 346 g/mol. The third-order valence-corrected chi connectivity index (χ3v) is 4.53. The van der Waals surface area contributed by atoms with E-state index >= 15 is 0 Å². The second-order valence-corrected chi connectivity index (χ2v) is 6.28. The second-order valence-electron chi connectivity index (χ2n) is 4.96. The molecule has 3 aromatic carbocycles. The topological polar surface area (TPSA) is 12.0 Å². The Morgan fingerprint density at radius 1 is 0.952 bits per heavy atom. The lowest BCUT2D eigenvalue weighted by molar-refractivity contribution is 0.697. The molecule has 0 radical (unpaired) electrons. The summed E-state index contributed by atoms with van der Waals surface area (Å²) in [7, 11) is 1.96. The first-order valence-corrected chi connectivity index (χ1v) is 7.97. The lowest BCUT2D eigenvalue weighted by atomic mass is 9.94. The van der Waals surface area contributed by atoms with E-state index in [0.29, 0.717) is 0 Å². The number of hydrogen-bond donors (Lipinski definition) is 1. The lowest BCUT2D eigenvalue weighted by Gasteiger charge is -2.20. The van der Waals surface area contributed by atoms with Crippen LogP contribution in [-0.4, -0.2) is 7.05 Å². The van der Waals surface area contributed by atoms with E-state index in [1.165, 1.54) is 16.3 Å². The molecule has 1 N–H and O–H groups in total. The summed E-state index contributed by atoms with van der Waals surface area (Å²) >= 11 is 9.94. The van der Waals surface area contributed by atoms with Crippen molar-refractivity contribution in [2.75, 3.05) is 7.05 Å². The molecule has 0 aliphatic carbocycles. The lowest BCUT2D eigenvalue weighted by Crippen LogP contribution is -2.18. The summed E-state index contributed by atoms with van der Waals surface area (Å²) in [6.45, 7) is 0. The van der Waals surface area contributed by atoms with Crippen LogP contribution in [0.25, 0.3) is 10.8 Å². The molecule has 0 spiro atoms. The van der Waals surface area contributed by atoms with Crippen LogP contribution in [0.5, 0.6) is 0 Å². The van der Waals surface area contributed by atoms with Gasteiger partial charge in [0.15, 0.2) is 0 Å². The molecule has 0 bridgehead atoms. The Labute approximate surface area is 138 Å². The molecule has 3 aromatic rings. The molecule has 0 aromatic heterocycles. The highest BCUT2D eigenvalue weighted by Gasteiger charge is 2.17. The zero-order chi connectivity index (χ0) is 14.8. The molecule has 0 fully saturated rings. The van der Waals surface area contributed by atoms with Crippen LogP contribution in [0, 0.1) is 0 Å². The van der Waals surface area contributed by atoms with Gasteiger partial charge in [0.1, 0.15) is 0 Å². The van der Waals surface area contributed by atoms with Crippen LogP contribution in [-0.2, 0) is 0 Å². The summed E-state index contributed by atoms with van der Waals surface area (Å²) in [5.41, 5.74) is 2.31. The maximum atomic E-state index is 6.41. The molecule has 3 heteroatoms. The predicted molar refractivity (Wildman–Crippen MR) is 94.0 cm³/mol. The largest absolute Gasteiger partial charge is 0.309 e. The van der Waals surface area contributed by atoms with Gasteiger partial charge in [-0.3, -0.25) is 0 Å². The van der Waals surface area contributed by atoms with Gasteiger partial charge in [0.2, 0.25) is 0 Å². The van der Waals surface area contributed by atoms with E-state index in [0.717, 1.165) is 15.1 Å². The monoisotopic (exact) mass is 359 g/mol. The van der Waals surface area contributed by atoms with E-state index < -0.39 is 0 Å². The Hall–Kier alpha value is -1.35. The second kappa shape index (κ2) is 6.18. The predicted octanol–water partition coefficient (Wildman–Crippen LogP) is 5.56. The number of hydrogen-bond acceptors (Lipinski definition) is 1. The number of benzene rings is 3. The smallest absolute Gasteiger partial charge is 0.0595 e. The van der Waals surface area contributed by atoms with Gasteiger partial charge in [-0.25, -0.2) is 0 Å². The van der Waals surface area contributed by atoms with Gasteiger partial charge >= 0.3 is 0 Å². The molecule has 1 nitrogen and oxygen atoms in total. The van der Waals surface area contributed by atoms with Gasteiger partial charge in [0.05, 0.1) is 6.04 Å². The van der Waals surface area contributed by atoms with Crippen molar-refractivity contribution in [1.29, 1.82) is 0 Å². The SMILES string of the molecule is CNC(c1cc(Br)ccc1Cl)c1cccc2ccccc12. The highest BCUT2D eigenvalue weighted by molar-refractivity contribution is 9.10. The van der Waals surface area contributed by atoms with Crippen LogP contribution in [0.4, 0.5) is 0 Å². The van der Waals surface area contributed by atoms with E-state index in [4.69, 9.17) is 11.6 Å². The fourth-order valence-corrected chi connectivity index (χ4v) is 3.32. The Morgan fingerprint density at radius 3 is 2.52 bits per heavy atom. The van der Waals surface area contributed by atoms with E-state index in [9.17, 15) is 0 Å². The third kappa shape index (κ3) is 2.84. The van der Waals surface area contributed by atoms with Gasteiger partial charge in [-0.2, -0.15) is 0 Å². The summed E-state index contributed by atoms with van der Waals surface area (Å²) in [6, 6.07) is 20.8. The van der Waals surface area contributed by atoms with Crippen LogP contribution >= 0.6 is 27.5 Å². The zero-order valence-corrected chi connectivity index (χ0v) is 13.9. The normalized spacial score (nSPS) is 12.5. The van der Waals surface area contributed by atoms with Crippen LogP contribution in [0.2, 0.25) is 5.02 Å². The van der Waals surface area contributed by atoms with Crippen molar-refractivity contribution in [1.82, 2.24) is 5.32 Å². The van der Waals surface area contributed by atoms with Crippen molar-refractivity contribution in [2.45, 2.75) is 6.04 Å². The third-order valence-electron chi connectivity index (χ3n) is 3.69. The molecular formula is C18H15BrClN. The Morgan fingerprint density at radius 2 is 1.71 bits per heavy atom. The highest BCUT2D eigenvalue weighted by Crippen LogP contribution is 2.33. The fraction of sp³-hybridized carbons (Fsp3) is 0.111. The first-order valence-electron chi connectivity index (χ1n) is 6.80. The summed E-state index contributed by atoms with van der Waals surface area (Å²) < 4.78 is 1.03. The molecule has 106 valence electrons. The fourth-order valence-electron chi connectivity index (χ4n) is 2.72. The summed E-state index contributed by atoms with van der Waals surface area (Å²) in [6.07, 6.45) is 0. The van der Waals surface area contributed by atoms with Crippen molar-refractivity contribution in [3.8, 4) is 0 Å². The molecule has 1 atom stereocenters. The average Bonchev–Trinajstić information content (AvgIpc) is 2.51. The van der Waals surface area contributed by atoms with Crippen LogP contribution in [0.1, 0.15) is 17.2 Å². The minimum atomic E-state index is 0.0566. The van der Waals surface area contributed by atoms with Gasteiger partial charge in [-0.15, -0.1) is 0 Å². The van der Waals surface area contributed by atoms with E-state index in [-0.39, 0.29) is 6.04 Å². The molecule has 0 amide bonds. The summed E-state index contributed by atoms with van der Waals surface area (Å²) in [4.78, 5) is 0. The number of fused-ring (bicyclic) bond motifs is 1. The molecule has 3 rings (SSSR count). The van der Waals surface area contributed by atoms with Crippen molar-refractivity contribution >= 4 is 38.3 Å². The number of rotatable bonds is 3. The first-order chi connectivity index (χ1) is 10.2. The van der Waals surface area contributed by atoms with Gasteiger partial charge in [-0.1, -0.05) is 70.0 Å². The molecule has 1 unspecified atom stereocenters. The Kier molecular flexibility index (Phi) is 4.29. The van der Waals surface area contributed by atoms with Crippen molar-refractivity contribution in [3.05, 3.63) is 81.3 Å². The number of halogens is 2. The van der Waals surface area contributed by atoms with Gasteiger partial charge < -0.3 is 5.32 Å². The van der Waals surface area contributed by atoms with E-state index in [2.05, 4.69) is 69.8 Å². The summed E-state index contributed by atoms with van der Waals surface area (Å²) in [5, 5.41) is 6.64. The standard InChI is InChI=1S/C18H15BrClN/c1-21-18(16-11-13(19)9-10-17(16)20)15-8-4-6-12-5-2-3-7-14(12)15/h2-11,18,21H,1H3. The number of nitrogens with one attached hydrogen (secondary N) is 1. The molecule has 0 saturated carbocycles. The van der Waals surface area contributed by atoms with Gasteiger partial charge in [0, 0.05) is 9.50 Å². The quantitative estimate of drug-likeness (QED) is 0.644. The molecule has 0 saturated heterocycles. The molecule has 0 heterocycles. The molecule has 21 heavy (non-hydrogen) atoms. The van der Waals surface area contributed by atoms with E-state index in [1.54, 1.807) is 0 Å². The van der Waals surface area contributed by atoms with Crippen LogP contribution in [0.3, 0.4) is 0 Å². The summed E-state index contributed by atoms with van der Waals surface area (Å²) in [5.74, 6) is 0. The maximum Gasteiger partial charge on any atom is 0.0595 e. The van der Waals surface area contributed by atoms with Crippen molar-refractivity contribution < 1.29 is 0 Å². The maximum absolute atomic E-state index is 6.41. The first kappa shape index (κ1) is 14.6. The zero-order valence-electron chi connectivity index (χ0n) is 11.6. The van der Waals surface area contributed by atoms with Gasteiger partial charge in [0.25, 0.3) is 0 Å². The minimum Gasteiger partial charge on any atom is -0.309 e. The minimum absolute atomic E-state index is 0.0566. The molecule has 0 aliphatic heterocycles. The molecule has 0 aliphatic rings. The van der Waals surface area contributed by atoms with E-state index in [1.807, 2.05) is 19.2 Å². The Bertz CT molecular complexity index is 780. The van der Waals surface area contributed by atoms with Crippen molar-refractivity contribution in [3.63, 3.8) is 0 Å². The van der Waals surface area contributed by atoms with Gasteiger partial charge in [-0.05, 0) is 47.1 Å².